The molecule has 0 aliphatic carbocycles. The first kappa shape index (κ1) is 11.2. The largest absolute Gasteiger partial charge is 0.342 e. The highest BCUT2D eigenvalue weighted by Gasteiger charge is 2.15. The van der Waals surface area contributed by atoms with E-state index in [0.29, 0.717) is 11.6 Å². The molecule has 18 heavy (non-hydrogen) atoms. The topological polar surface area (TPSA) is 64.5 Å². The molecule has 2 N–H and O–H groups in total. The Morgan fingerprint density at radius 3 is 3.11 bits per heavy atom. The van der Waals surface area contributed by atoms with Gasteiger partial charge < -0.3 is 10.3 Å². The standard InChI is InChI=1S/C14H16N4/c15-9-10-4-5-12-13(7-10)18-14(17-12)8-11-3-1-2-6-16-11/h4-5,7,11,16H,1-3,6,8H2,(H,17,18). The summed E-state index contributed by atoms with van der Waals surface area (Å²) in [5.74, 6) is 1.01. The molecule has 1 unspecified atom stereocenters. The molecule has 1 fully saturated rings. The van der Waals surface area contributed by atoms with E-state index in [4.69, 9.17) is 5.26 Å². The van der Waals surface area contributed by atoms with Gasteiger partial charge in [-0.05, 0) is 37.6 Å². The zero-order valence-corrected chi connectivity index (χ0v) is 10.2. The van der Waals surface area contributed by atoms with Crippen LogP contribution < -0.4 is 5.32 Å². The number of fused-ring (bicyclic) bond motifs is 1. The molecule has 2 heterocycles. The third kappa shape index (κ3) is 2.22. The van der Waals surface area contributed by atoms with E-state index in [9.17, 15) is 0 Å². The van der Waals surface area contributed by atoms with Crippen molar-refractivity contribution in [1.29, 1.82) is 5.26 Å². The maximum absolute atomic E-state index is 8.87. The van der Waals surface area contributed by atoms with E-state index < -0.39 is 0 Å². The average molecular weight is 240 g/mol. The average Bonchev–Trinajstić information content (AvgIpc) is 2.80. The first-order chi connectivity index (χ1) is 8.85. The van der Waals surface area contributed by atoms with Crippen molar-refractivity contribution < 1.29 is 0 Å². The lowest BCUT2D eigenvalue weighted by molar-refractivity contribution is 0.395. The molecule has 1 aliphatic rings. The van der Waals surface area contributed by atoms with Crippen LogP contribution in [0.25, 0.3) is 11.0 Å². The summed E-state index contributed by atoms with van der Waals surface area (Å²) in [5.41, 5.74) is 2.58. The molecule has 0 radical (unpaired) electrons. The molecule has 4 nitrogen and oxygen atoms in total. The van der Waals surface area contributed by atoms with Crippen molar-refractivity contribution in [3.63, 3.8) is 0 Å². The van der Waals surface area contributed by atoms with E-state index in [0.717, 1.165) is 29.8 Å². The molecule has 0 saturated carbocycles. The van der Waals surface area contributed by atoms with Crippen molar-refractivity contribution in [3.05, 3.63) is 29.6 Å². The molecule has 0 bridgehead atoms. The zero-order chi connectivity index (χ0) is 12.4. The number of H-pyrrole nitrogens is 1. The Kier molecular flexibility index (Phi) is 2.99. The Labute approximate surface area is 106 Å². The Balaban J connectivity index is 1.82. The highest BCUT2D eigenvalue weighted by molar-refractivity contribution is 5.76. The van der Waals surface area contributed by atoms with Crippen LogP contribution in [-0.4, -0.2) is 22.6 Å². The number of nitrogens with zero attached hydrogens (tertiary/aromatic N) is 2. The van der Waals surface area contributed by atoms with Gasteiger partial charge >= 0.3 is 0 Å². The van der Waals surface area contributed by atoms with Gasteiger partial charge in [0.15, 0.2) is 0 Å². The summed E-state index contributed by atoms with van der Waals surface area (Å²) in [6.07, 6.45) is 4.75. The maximum atomic E-state index is 8.87. The van der Waals surface area contributed by atoms with E-state index >= 15 is 0 Å². The van der Waals surface area contributed by atoms with Crippen LogP contribution >= 0.6 is 0 Å². The minimum atomic E-state index is 0.537. The molecule has 92 valence electrons. The van der Waals surface area contributed by atoms with Crippen LogP contribution in [0.1, 0.15) is 30.7 Å². The number of hydrogen-bond donors (Lipinski definition) is 2. The van der Waals surface area contributed by atoms with Crippen LogP contribution in [0.4, 0.5) is 0 Å². The predicted octanol–water partition coefficient (Wildman–Crippen LogP) is 2.12. The predicted molar refractivity (Wildman–Crippen MR) is 70.2 cm³/mol. The lowest BCUT2D eigenvalue weighted by Crippen LogP contribution is -2.35. The highest BCUT2D eigenvalue weighted by atomic mass is 15.0. The molecule has 1 saturated heterocycles. The number of hydrogen-bond acceptors (Lipinski definition) is 3. The second kappa shape index (κ2) is 4.79. The Bertz CT molecular complexity index is 587. The van der Waals surface area contributed by atoms with Crippen LogP contribution in [0.5, 0.6) is 0 Å². The lowest BCUT2D eigenvalue weighted by atomic mass is 10.0. The number of benzene rings is 1. The second-order valence-electron chi connectivity index (χ2n) is 4.88. The fourth-order valence-electron chi connectivity index (χ4n) is 2.56. The monoisotopic (exact) mass is 240 g/mol. The fraction of sp³-hybridized carbons (Fsp3) is 0.429. The zero-order valence-electron chi connectivity index (χ0n) is 10.2. The van der Waals surface area contributed by atoms with Gasteiger partial charge in [0.1, 0.15) is 5.82 Å². The lowest BCUT2D eigenvalue weighted by Gasteiger charge is -2.22. The van der Waals surface area contributed by atoms with E-state index in [2.05, 4.69) is 21.4 Å². The normalized spacial score (nSPS) is 19.8. The number of imidazole rings is 1. The fourth-order valence-corrected chi connectivity index (χ4v) is 2.56. The van der Waals surface area contributed by atoms with Gasteiger partial charge in [0.2, 0.25) is 0 Å². The summed E-state index contributed by atoms with van der Waals surface area (Å²) in [5, 5.41) is 12.4. The SMILES string of the molecule is N#Cc1ccc2nc(CC3CCCCN3)[nH]c2c1. The molecular formula is C14H16N4. The Morgan fingerprint density at radius 2 is 2.33 bits per heavy atom. The number of nitriles is 1. The van der Waals surface area contributed by atoms with Crippen LogP contribution in [0.2, 0.25) is 0 Å². The number of piperidine rings is 1. The van der Waals surface area contributed by atoms with Gasteiger partial charge in [0.05, 0.1) is 22.7 Å². The van der Waals surface area contributed by atoms with Crippen LogP contribution in [0.3, 0.4) is 0 Å². The van der Waals surface area contributed by atoms with Crippen LogP contribution in [0.15, 0.2) is 18.2 Å². The van der Waals surface area contributed by atoms with Gasteiger partial charge in [0.25, 0.3) is 0 Å². The molecular weight excluding hydrogens is 224 g/mol. The van der Waals surface area contributed by atoms with Gasteiger partial charge in [-0.3, -0.25) is 0 Å². The van der Waals surface area contributed by atoms with Crippen molar-refractivity contribution in [2.24, 2.45) is 0 Å². The second-order valence-corrected chi connectivity index (χ2v) is 4.88. The van der Waals surface area contributed by atoms with Crippen molar-refractivity contribution >= 4 is 11.0 Å². The van der Waals surface area contributed by atoms with Crippen LogP contribution in [-0.2, 0) is 6.42 Å². The molecule has 1 atom stereocenters. The highest BCUT2D eigenvalue weighted by Crippen LogP contribution is 2.16. The molecule has 1 aliphatic heterocycles. The molecule has 0 spiro atoms. The van der Waals surface area contributed by atoms with E-state index in [-0.39, 0.29) is 0 Å². The van der Waals surface area contributed by atoms with Crippen molar-refractivity contribution in [1.82, 2.24) is 15.3 Å². The van der Waals surface area contributed by atoms with Gasteiger partial charge in [-0.15, -0.1) is 0 Å². The third-order valence-corrected chi connectivity index (χ3v) is 3.51. The number of aromatic amines is 1. The Morgan fingerprint density at radius 1 is 1.39 bits per heavy atom. The summed E-state index contributed by atoms with van der Waals surface area (Å²) in [7, 11) is 0. The molecule has 4 heteroatoms. The molecule has 2 aromatic rings. The Hall–Kier alpha value is -1.86. The summed E-state index contributed by atoms with van der Waals surface area (Å²) in [4.78, 5) is 7.89. The number of aromatic nitrogens is 2. The van der Waals surface area contributed by atoms with Gasteiger partial charge in [-0.25, -0.2) is 4.98 Å². The minimum absolute atomic E-state index is 0.537. The number of nitrogens with one attached hydrogen (secondary N) is 2. The maximum Gasteiger partial charge on any atom is 0.108 e. The quantitative estimate of drug-likeness (QED) is 0.845. The summed E-state index contributed by atoms with van der Waals surface area (Å²) >= 11 is 0. The van der Waals surface area contributed by atoms with Crippen LogP contribution in [0, 0.1) is 11.3 Å². The smallest absolute Gasteiger partial charge is 0.108 e. The molecule has 1 aromatic carbocycles. The van der Waals surface area contributed by atoms with E-state index in [1.807, 2.05) is 18.2 Å². The van der Waals surface area contributed by atoms with Gasteiger partial charge in [-0.1, -0.05) is 6.42 Å². The summed E-state index contributed by atoms with van der Waals surface area (Å²) in [6, 6.07) is 8.26. The van der Waals surface area contributed by atoms with E-state index in [1.54, 1.807) is 0 Å². The molecule has 1 aromatic heterocycles. The van der Waals surface area contributed by atoms with Gasteiger partial charge in [0, 0.05) is 12.5 Å². The van der Waals surface area contributed by atoms with Crippen molar-refractivity contribution in [2.45, 2.75) is 31.7 Å². The first-order valence-corrected chi connectivity index (χ1v) is 6.47. The minimum Gasteiger partial charge on any atom is -0.342 e. The van der Waals surface area contributed by atoms with Crippen molar-refractivity contribution in [3.8, 4) is 6.07 Å². The molecule has 0 amide bonds. The van der Waals surface area contributed by atoms with Crippen molar-refractivity contribution in [2.75, 3.05) is 6.54 Å². The van der Waals surface area contributed by atoms with Gasteiger partial charge in [-0.2, -0.15) is 5.26 Å². The van der Waals surface area contributed by atoms with E-state index in [1.165, 1.54) is 19.3 Å². The number of rotatable bonds is 2. The summed E-state index contributed by atoms with van der Waals surface area (Å²) in [6.45, 7) is 1.11. The molecule has 3 rings (SSSR count). The summed E-state index contributed by atoms with van der Waals surface area (Å²) < 4.78 is 0. The first-order valence-electron chi connectivity index (χ1n) is 6.47. The third-order valence-electron chi connectivity index (χ3n) is 3.51.